The van der Waals surface area contributed by atoms with E-state index in [4.69, 9.17) is 10.1 Å². The van der Waals surface area contributed by atoms with Gasteiger partial charge in [-0.05, 0) is 54.1 Å². The molecule has 1 fully saturated rings. The normalized spacial score (nSPS) is 17.1. The number of benzene rings is 3. The van der Waals surface area contributed by atoms with Crippen molar-refractivity contribution in [3.05, 3.63) is 84.1 Å². The summed E-state index contributed by atoms with van der Waals surface area (Å²) in [5.74, 6) is -0.257. The fourth-order valence-corrected chi connectivity index (χ4v) is 5.38. The van der Waals surface area contributed by atoms with Crippen LogP contribution < -0.4 is 14.6 Å². The van der Waals surface area contributed by atoms with E-state index < -0.39 is 21.7 Å². The van der Waals surface area contributed by atoms with Crippen molar-refractivity contribution >= 4 is 26.6 Å². The molecule has 0 amide bonds. The van der Waals surface area contributed by atoms with E-state index >= 15 is 0 Å². The molecule has 4 aromatic rings. The van der Waals surface area contributed by atoms with Crippen LogP contribution in [0.5, 0.6) is 11.5 Å². The Morgan fingerprint density at radius 3 is 2.46 bits per heavy atom. The Bertz CT molecular complexity index is 1700. The van der Waals surface area contributed by atoms with Gasteiger partial charge in [0.1, 0.15) is 5.78 Å². The van der Waals surface area contributed by atoms with Crippen LogP contribution in [-0.4, -0.2) is 25.5 Å². The van der Waals surface area contributed by atoms with Crippen molar-refractivity contribution in [2.24, 2.45) is 5.14 Å². The maximum Gasteiger partial charge on any atom is 0.586 e. The molecular formula is C27H20F2N2O5S. The number of rotatable bonds is 6. The predicted molar refractivity (Wildman–Crippen MR) is 131 cm³/mol. The smallest absolute Gasteiger partial charge is 0.395 e. The number of halogens is 2. The molecule has 7 nitrogen and oxygen atoms in total. The van der Waals surface area contributed by atoms with Crippen molar-refractivity contribution in [2.45, 2.75) is 35.9 Å². The summed E-state index contributed by atoms with van der Waals surface area (Å²) in [6.45, 7) is 0. The standard InChI is InChI=1S/C27H20F2N2O5S/c28-27(29)35-22-9-8-18(14-23(22)36-27)26(10-11-26)24(32)15-19-12-16-4-1-2-7-21(16)25(31-19)17-5-3-6-20(13-17)37(30,33)34/h1-9,12-14H,10-11,15H2,(H2,30,33,34). The Morgan fingerprint density at radius 2 is 1.70 bits per heavy atom. The number of aromatic nitrogens is 1. The molecule has 1 aromatic heterocycles. The Balaban J connectivity index is 1.36. The lowest BCUT2D eigenvalue weighted by atomic mass is 9.88. The molecule has 2 heterocycles. The zero-order chi connectivity index (χ0) is 26.0. The van der Waals surface area contributed by atoms with E-state index in [1.165, 1.54) is 24.3 Å². The van der Waals surface area contributed by atoms with E-state index in [9.17, 15) is 22.0 Å². The Kier molecular flexibility index (Phi) is 5.12. The predicted octanol–water partition coefficient (Wildman–Crippen LogP) is 4.71. The molecule has 0 radical (unpaired) electrons. The van der Waals surface area contributed by atoms with Crippen LogP contribution >= 0.6 is 0 Å². The maximum atomic E-state index is 13.5. The first-order valence-corrected chi connectivity index (χ1v) is 13.0. The van der Waals surface area contributed by atoms with Crippen LogP contribution in [0.1, 0.15) is 24.1 Å². The fraction of sp³-hybridized carbons (Fsp3) is 0.185. The summed E-state index contributed by atoms with van der Waals surface area (Å²) in [5.41, 5.74) is 1.38. The molecule has 0 bridgehead atoms. The number of nitrogens with zero attached hydrogens (tertiary/aromatic N) is 1. The number of Topliss-reactive ketones (excluding diaryl/α,β-unsaturated/α-hetero) is 1. The average Bonchev–Trinajstić information content (AvgIpc) is 3.60. The van der Waals surface area contributed by atoms with Crippen molar-refractivity contribution in [2.75, 3.05) is 0 Å². The first-order chi connectivity index (χ1) is 17.5. The van der Waals surface area contributed by atoms with Gasteiger partial charge in [0.25, 0.3) is 0 Å². The highest BCUT2D eigenvalue weighted by atomic mass is 32.2. The number of carbonyl (C=O) groups is 1. The lowest BCUT2D eigenvalue weighted by molar-refractivity contribution is -0.286. The van der Waals surface area contributed by atoms with Gasteiger partial charge in [-0.25, -0.2) is 13.6 Å². The molecule has 0 atom stereocenters. The number of sulfonamides is 1. The molecule has 10 heteroatoms. The maximum absolute atomic E-state index is 13.5. The number of alkyl halides is 2. The van der Waals surface area contributed by atoms with Gasteiger partial charge in [-0.15, -0.1) is 8.78 Å². The first-order valence-electron chi connectivity index (χ1n) is 11.5. The molecule has 3 aromatic carbocycles. The second-order valence-corrected chi connectivity index (χ2v) is 10.8. The van der Waals surface area contributed by atoms with Crippen LogP contribution in [0.15, 0.2) is 77.7 Å². The highest BCUT2D eigenvalue weighted by Gasteiger charge is 2.52. The highest BCUT2D eigenvalue weighted by molar-refractivity contribution is 7.89. The highest BCUT2D eigenvalue weighted by Crippen LogP contribution is 2.52. The van der Waals surface area contributed by atoms with Crippen molar-refractivity contribution < 1.29 is 31.5 Å². The van der Waals surface area contributed by atoms with Gasteiger partial charge in [-0.2, -0.15) is 0 Å². The summed E-state index contributed by atoms with van der Waals surface area (Å²) in [7, 11) is -3.92. The average molecular weight is 523 g/mol. The minimum Gasteiger partial charge on any atom is -0.395 e. The summed E-state index contributed by atoms with van der Waals surface area (Å²) in [6, 6.07) is 20.0. The van der Waals surface area contributed by atoms with Crippen LogP contribution in [0.3, 0.4) is 0 Å². The molecule has 188 valence electrons. The van der Waals surface area contributed by atoms with Crippen LogP contribution in [0, 0.1) is 0 Å². The summed E-state index contributed by atoms with van der Waals surface area (Å²) < 4.78 is 59.8. The molecule has 0 unspecified atom stereocenters. The third kappa shape index (κ3) is 4.21. The number of carbonyl (C=O) groups excluding carboxylic acids is 1. The van der Waals surface area contributed by atoms with Gasteiger partial charge in [0.15, 0.2) is 11.5 Å². The van der Waals surface area contributed by atoms with Crippen LogP contribution in [0.25, 0.3) is 22.0 Å². The number of ketones is 1. The van der Waals surface area contributed by atoms with Gasteiger partial charge >= 0.3 is 6.29 Å². The zero-order valence-corrected chi connectivity index (χ0v) is 20.1. The summed E-state index contributed by atoms with van der Waals surface area (Å²) in [4.78, 5) is 18.2. The quantitative estimate of drug-likeness (QED) is 0.393. The third-order valence-corrected chi connectivity index (χ3v) is 7.72. The van der Waals surface area contributed by atoms with Gasteiger partial charge in [0.2, 0.25) is 10.0 Å². The number of primary sulfonamides is 1. The summed E-state index contributed by atoms with van der Waals surface area (Å²) in [6.07, 6.45) is -2.55. The Hall–Kier alpha value is -3.89. The molecule has 6 rings (SSSR count). The number of ether oxygens (including phenoxy) is 2. The zero-order valence-electron chi connectivity index (χ0n) is 19.3. The number of hydrogen-bond donors (Lipinski definition) is 1. The number of hydrogen-bond acceptors (Lipinski definition) is 6. The van der Waals surface area contributed by atoms with Gasteiger partial charge in [-0.1, -0.05) is 42.5 Å². The fourth-order valence-electron chi connectivity index (χ4n) is 4.82. The largest absolute Gasteiger partial charge is 0.586 e. The molecule has 0 spiro atoms. The van der Waals surface area contributed by atoms with E-state index in [-0.39, 0.29) is 28.6 Å². The Morgan fingerprint density at radius 1 is 0.946 bits per heavy atom. The third-order valence-electron chi connectivity index (χ3n) is 6.81. The second kappa shape index (κ2) is 8.06. The molecule has 1 saturated carbocycles. The lowest BCUT2D eigenvalue weighted by Gasteiger charge is -2.16. The van der Waals surface area contributed by atoms with Crippen molar-refractivity contribution in [1.82, 2.24) is 4.98 Å². The van der Waals surface area contributed by atoms with Gasteiger partial charge in [0, 0.05) is 23.1 Å². The van der Waals surface area contributed by atoms with E-state index in [1.54, 1.807) is 18.2 Å². The molecule has 0 saturated heterocycles. The SMILES string of the molecule is NS(=O)(=O)c1cccc(-c2nc(CC(=O)C3(c4ccc5c(c4)OC(F)(F)O5)CC3)cc3ccccc23)c1. The van der Waals surface area contributed by atoms with Crippen molar-refractivity contribution in [3.8, 4) is 22.8 Å². The minimum absolute atomic E-state index is 0.0112. The van der Waals surface area contributed by atoms with Crippen molar-refractivity contribution in [1.29, 1.82) is 0 Å². The van der Waals surface area contributed by atoms with E-state index in [2.05, 4.69) is 9.47 Å². The molecule has 2 aliphatic rings. The van der Waals surface area contributed by atoms with E-state index in [0.717, 1.165) is 10.8 Å². The molecule has 2 N–H and O–H groups in total. The second-order valence-electron chi connectivity index (χ2n) is 9.27. The van der Waals surface area contributed by atoms with Gasteiger partial charge in [-0.3, -0.25) is 9.78 Å². The number of nitrogens with two attached hydrogens (primary N) is 1. The van der Waals surface area contributed by atoms with Crippen LogP contribution in [0.2, 0.25) is 0 Å². The minimum atomic E-state index is -3.92. The number of pyridine rings is 1. The van der Waals surface area contributed by atoms with Crippen molar-refractivity contribution in [3.63, 3.8) is 0 Å². The van der Waals surface area contributed by atoms with Crippen LogP contribution in [-0.2, 0) is 26.7 Å². The Labute approximate surface area is 210 Å². The monoisotopic (exact) mass is 522 g/mol. The summed E-state index contributed by atoms with van der Waals surface area (Å²) >= 11 is 0. The topological polar surface area (TPSA) is 109 Å². The van der Waals surface area contributed by atoms with Gasteiger partial charge in [0.05, 0.1) is 16.0 Å². The summed E-state index contributed by atoms with van der Waals surface area (Å²) in [5, 5.41) is 6.95. The number of fused-ring (bicyclic) bond motifs is 2. The van der Waals surface area contributed by atoms with E-state index in [1.807, 2.05) is 30.3 Å². The van der Waals surface area contributed by atoms with Crippen LogP contribution in [0.4, 0.5) is 8.78 Å². The van der Waals surface area contributed by atoms with Gasteiger partial charge < -0.3 is 9.47 Å². The molecule has 1 aliphatic heterocycles. The first kappa shape index (κ1) is 23.5. The molecule has 1 aliphatic carbocycles. The van der Waals surface area contributed by atoms with E-state index in [0.29, 0.717) is 35.4 Å². The lowest BCUT2D eigenvalue weighted by Crippen LogP contribution is -2.26. The molecular weight excluding hydrogens is 502 g/mol. The molecule has 37 heavy (non-hydrogen) atoms.